The van der Waals surface area contributed by atoms with Crippen molar-refractivity contribution < 1.29 is 19.4 Å². The molecule has 0 bridgehead atoms. The Balaban J connectivity index is 1.70. The van der Waals surface area contributed by atoms with Crippen molar-refractivity contribution in [3.8, 4) is 0 Å². The molecule has 7 nitrogen and oxygen atoms in total. The molecule has 0 spiro atoms. The molecular weight excluding hydrogens is 318 g/mol. The van der Waals surface area contributed by atoms with E-state index in [1.807, 2.05) is 0 Å². The highest BCUT2D eigenvalue weighted by Gasteiger charge is 2.12. The number of esters is 1. The fourth-order valence-electron chi connectivity index (χ4n) is 1.68. The second-order valence-corrected chi connectivity index (χ2v) is 5.37. The molecule has 0 aliphatic rings. The molecule has 2 aromatic rings. The summed E-state index contributed by atoms with van der Waals surface area (Å²) in [7, 11) is 0. The van der Waals surface area contributed by atoms with Crippen LogP contribution in [0, 0.1) is 6.92 Å². The average Bonchev–Trinajstić information content (AvgIpc) is 2.97. The first-order valence-corrected chi connectivity index (χ1v) is 7.59. The summed E-state index contributed by atoms with van der Waals surface area (Å²) in [5.41, 5.74) is 6.17. The van der Waals surface area contributed by atoms with E-state index in [0.717, 1.165) is 5.56 Å². The molecule has 2 rings (SSSR count). The van der Waals surface area contributed by atoms with Crippen LogP contribution in [0.2, 0.25) is 0 Å². The number of carbonyl (C=O) groups is 2. The molecule has 23 heavy (non-hydrogen) atoms. The van der Waals surface area contributed by atoms with Gasteiger partial charge in [-0.2, -0.15) is 5.10 Å². The van der Waals surface area contributed by atoms with Crippen molar-refractivity contribution in [1.29, 1.82) is 0 Å². The number of hydrazone groups is 1. The first-order chi connectivity index (χ1) is 11.1. The van der Waals surface area contributed by atoms with Gasteiger partial charge in [-0.1, -0.05) is 12.1 Å². The zero-order chi connectivity index (χ0) is 16.7. The SMILES string of the molecule is Cc1ncsc1C(=O)OC/C=N/NCc1ccc(C(=O)O)cc1. The number of ether oxygens (including phenoxy) is 1. The number of hydrogen-bond acceptors (Lipinski definition) is 7. The van der Waals surface area contributed by atoms with Crippen LogP contribution in [-0.2, 0) is 11.3 Å². The Kier molecular flexibility index (Phi) is 5.81. The number of carboxylic acid groups (broad SMARTS) is 1. The number of aromatic carboxylic acids is 1. The zero-order valence-electron chi connectivity index (χ0n) is 12.4. The van der Waals surface area contributed by atoms with Crippen molar-refractivity contribution in [3.05, 3.63) is 51.5 Å². The van der Waals surface area contributed by atoms with E-state index in [9.17, 15) is 9.59 Å². The molecule has 0 radical (unpaired) electrons. The van der Waals surface area contributed by atoms with Gasteiger partial charge in [-0.3, -0.25) is 0 Å². The summed E-state index contributed by atoms with van der Waals surface area (Å²) < 4.78 is 5.04. The number of hydrogen-bond donors (Lipinski definition) is 2. The van der Waals surface area contributed by atoms with Gasteiger partial charge in [0.25, 0.3) is 0 Å². The standard InChI is InChI=1S/C15H15N3O4S/c1-10-13(23-9-16-10)15(21)22-7-6-17-18-8-11-2-4-12(5-3-11)14(19)20/h2-6,9,18H,7-8H2,1H3,(H,19,20)/b17-6+. The summed E-state index contributed by atoms with van der Waals surface area (Å²) in [4.78, 5) is 26.9. The number of aromatic nitrogens is 1. The van der Waals surface area contributed by atoms with Crippen molar-refractivity contribution in [2.75, 3.05) is 6.61 Å². The summed E-state index contributed by atoms with van der Waals surface area (Å²) in [5, 5.41) is 12.7. The smallest absolute Gasteiger partial charge is 0.350 e. The van der Waals surface area contributed by atoms with Gasteiger partial charge in [-0.05, 0) is 24.6 Å². The van der Waals surface area contributed by atoms with Crippen LogP contribution in [0.4, 0.5) is 0 Å². The molecule has 0 aliphatic heterocycles. The van der Waals surface area contributed by atoms with Crippen LogP contribution in [0.3, 0.4) is 0 Å². The maximum absolute atomic E-state index is 11.7. The topological polar surface area (TPSA) is 101 Å². The number of carbonyl (C=O) groups excluding carboxylic acids is 1. The molecule has 0 saturated heterocycles. The van der Waals surface area contributed by atoms with Gasteiger partial charge >= 0.3 is 11.9 Å². The lowest BCUT2D eigenvalue weighted by Crippen LogP contribution is -2.10. The zero-order valence-corrected chi connectivity index (χ0v) is 13.2. The predicted molar refractivity (Wildman–Crippen MR) is 85.9 cm³/mol. The molecule has 0 amide bonds. The third-order valence-corrected chi connectivity index (χ3v) is 3.80. The highest BCUT2D eigenvalue weighted by molar-refractivity contribution is 7.11. The Morgan fingerprint density at radius 2 is 2.13 bits per heavy atom. The fraction of sp³-hybridized carbons (Fsp3) is 0.200. The molecule has 0 fully saturated rings. The fourth-order valence-corrected chi connectivity index (χ4v) is 2.37. The van der Waals surface area contributed by atoms with Crippen LogP contribution in [0.5, 0.6) is 0 Å². The van der Waals surface area contributed by atoms with Gasteiger partial charge in [0.2, 0.25) is 0 Å². The van der Waals surface area contributed by atoms with E-state index in [1.54, 1.807) is 24.6 Å². The summed E-state index contributed by atoms with van der Waals surface area (Å²) >= 11 is 1.24. The monoisotopic (exact) mass is 333 g/mol. The minimum atomic E-state index is -0.958. The Labute approximate surface area is 136 Å². The molecular formula is C15H15N3O4S. The highest BCUT2D eigenvalue weighted by Crippen LogP contribution is 2.12. The number of carboxylic acids is 1. The summed E-state index contributed by atoms with van der Waals surface area (Å²) in [6.45, 7) is 2.25. The second-order valence-electron chi connectivity index (χ2n) is 4.51. The molecule has 1 aromatic heterocycles. The van der Waals surface area contributed by atoms with E-state index in [2.05, 4.69) is 15.5 Å². The van der Waals surface area contributed by atoms with Crippen LogP contribution in [0.1, 0.15) is 31.3 Å². The van der Waals surface area contributed by atoms with Crippen LogP contribution >= 0.6 is 11.3 Å². The number of nitrogens with zero attached hydrogens (tertiary/aromatic N) is 2. The van der Waals surface area contributed by atoms with Crippen molar-refractivity contribution in [1.82, 2.24) is 10.4 Å². The Morgan fingerprint density at radius 1 is 1.39 bits per heavy atom. The first-order valence-electron chi connectivity index (χ1n) is 6.71. The molecule has 0 saturated carbocycles. The Morgan fingerprint density at radius 3 is 2.74 bits per heavy atom. The Hall–Kier alpha value is -2.74. The van der Waals surface area contributed by atoms with Gasteiger partial charge in [0.1, 0.15) is 11.5 Å². The quantitative estimate of drug-likeness (QED) is 0.457. The van der Waals surface area contributed by atoms with Crippen LogP contribution < -0.4 is 5.43 Å². The van der Waals surface area contributed by atoms with Crippen molar-refractivity contribution in [2.45, 2.75) is 13.5 Å². The average molecular weight is 333 g/mol. The number of nitrogens with one attached hydrogen (secondary N) is 1. The van der Waals surface area contributed by atoms with E-state index in [0.29, 0.717) is 17.1 Å². The van der Waals surface area contributed by atoms with Crippen LogP contribution in [-0.4, -0.2) is 34.9 Å². The normalized spacial score (nSPS) is 10.7. The third-order valence-electron chi connectivity index (χ3n) is 2.89. The van der Waals surface area contributed by atoms with Gasteiger partial charge in [-0.15, -0.1) is 11.3 Å². The number of thiazole rings is 1. The Bertz CT molecular complexity index is 710. The minimum Gasteiger partial charge on any atom is -0.478 e. The van der Waals surface area contributed by atoms with E-state index >= 15 is 0 Å². The summed E-state index contributed by atoms with van der Waals surface area (Å²) in [6, 6.07) is 6.47. The molecule has 1 heterocycles. The molecule has 0 unspecified atom stereocenters. The van der Waals surface area contributed by atoms with E-state index in [-0.39, 0.29) is 12.2 Å². The first kappa shape index (κ1) is 16.6. The lowest BCUT2D eigenvalue weighted by Gasteiger charge is -2.02. The lowest BCUT2D eigenvalue weighted by atomic mass is 10.1. The molecule has 2 N–H and O–H groups in total. The summed E-state index contributed by atoms with van der Waals surface area (Å²) in [6.07, 6.45) is 1.44. The maximum Gasteiger partial charge on any atom is 0.350 e. The van der Waals surface area contributed by atoms with Gasteiger partial charge in [-0.25, -0.2) is 14.6 Å². The van der Waals surface area contributed by atoms with E-state index < -0.39 is 11.9 Å². The molecule has 0 atom stereocenters. The predicted octanol–water partition coefficient (Wildman–Crippen LogP) is 2.08. The number of aryl methyl sites for hydroxylation is 1. The van der Waals surface area contributed by atoms with Crippen molar-refractivity contribution in [3.63, 3.8) is 0 Å². The minimum absolute atomic E-state index is 0.0567. The third kappa shape index (κ3) is 4.89. The molecule has 1 aromatic carbocycles. The van der Waals surface area contributed by atoms with Crippen LogP contribution in [0.25, 0.3) is 0 Å². The maximum atomic E-state index is 11.7. The van der Waals surface area contributed by atoms with Crippen LogP contribution in [0.15, 0.2) is 34.9 Å². The highest BCUT2D eigenvalue weighted by atomic mass is 32.1. The lowest BCUT2D eigenvalue weighted by molar-refractivity contribution is 0.0570. The number of rotatable bonds is 7. The van der Waals surface area contributed by atoms with E-state index in [4.69, 9.17) is 9.84 Å². The number of benzene rings is 1. The second kappa shape index (κ2) is 8.04. The van der Waals surface area contributed by atoms with Gasteiger partial charge in [0.05, 0.1) is 29.5 Å². The van der Waals surface area contributed by atoms with Gasteiger partial charge in [0.15, 0.2) is 0 Å². The molecule has 0 aliphatic carbocycles. The largest absolute Gasteiger partial charge is 0.478 e. The summed E-state index contributed by atoms with van der Waals surface area (Å²) in [5.74, 6) is -1.37. The van der Waals surface area contributed by atoms with Crippen molar-refractivity contribution in [2.24, 2.45) is 5.10 Å². The van der Waals surface area contributed by atoms with E-state index in [1.165, 1.54) is 29.7 Å². The molecule has 8 heteroatoms. The van der Waals surface area contributed by atoms with Gasteiger partial charge < -0.3 is 15.3 Å². The van der Waals surface area contributed by atoms with Crippen molar-refractivity contribution >= 4 is 29.5 Å². The van der Waals surface area contributed by atoms with Gasteiger partial charge in [0, 0.05) is 0 Å². The molecule has 120 valence electrons.